The van der Waals surface area contributed by atoms with E-state index in [1.54, 1.807) is 0 Å². The third-order valence-corrected chi connectivity index (χ3v) is 3.19. The van der Waals surface area contributed by atoms with Crippen molar-refractivity contribution < 1.29 is 4.74 Å². The Morgan fingerprint density at radius 1 is 1.00 bits per heavy atom. The molecule has 100 valence electrons. The molecule has 2 aromatic carbocycles. The first kappa shape index (κ1) is 13.7. The van der Waals surface area contributed by atoms with Gasteiger partial charge >= 0.3 is 0 Å². The van der Waals surface area contributed by atoms with Gasteiger partial charge in [0.2, 0.25) is 0 Å². The third kappa shape index (κ3) is 2.65. The number of hydrogen-bond acceptors (Lipinski definition) is 1. The predicted molar refractivity (Wildman–Crippen MR) is 83.8 cm³/mol. The van der Waals surface area contributed by atoms with Gasteiger partial charge in [0, 0.05) is 10.9 Å². The summed E-state index contributed by atoms with van der Waals surface area (Å²) in [6.45, 7) is 10.3. The van der Waals surface area contributed by atoms with E-state index in [2.05, 4.69) is 63.3 Å². The van der Waals surface area contributed by atoms with Crippen LogP contribution < -0.4 is 4.74 Å². The Morgan fingerprint density at radius 2 is 1.74 bits per heavy atom. The fraction of sp³-hybridized carbons (Fsp3) is 0.333. The molecule has 3 rings (SSSR count). The molecule has 19 heavy (non-hydrogen) atoms. The Kier molecular flexibility index (Phi) is 3.66. The SMILES string of the molecule is CC.Cc1ccc2c3c(ccc2c1)C=CC(C)(C)O3. The minimum absolute atomic E-state index is 0.216. The van der Waals surface area contributed by atoms with Crippen LogP contribution >= 0.6 is 0 Å². The number of aryl methyl sites for hydroxylation is 1. The second-order valence-corrected chi connectivity index (χ2v) is 5.25. The Bertz CT molecular complexity index is 621. The topological polar surface area (TPSA) is 9.23 Å². The zero-order valence-electron chi connectivity index (χ0n) is 12.4. The van der Waals surface area contributed by atoms with Gasteiger partial charge in [-0.3, -0.25) is 0 Å². The zero-order chi connectivity index (χ0) is 14.0. The Labute approximate surface area is 115 Å². The van der Waals surface area contributed by atoms with Gasteiger partial charge in [0.25, 0.3) is 0 Å². The maximum atomic E-state index is 6.09. The summed E-state index contributed by atoms with van der Waals surface area (Å²) in [7, 11) is 0. The van der Waals surface area contributed by atoms with Gasteiger partial charge in [0.05, 0.1) is 0 Å². The predicted octanol–water partition coefficient (Wildman–Crippen LogP) is 5.36. The van der Waals surface area contributed by atoms with E-state index >= 15 is 0 Å². The van der Waals surface area contributed by atoms with Crippen molar-refractivity contribution in [2.75, 3.05) is 0 Å². The molecule has 0 aromatic heterocycles. The summed E-state index contributed by atoms with van der Waals surface area (Å²) in [6, 6.07) is 10.8. The highest BCUT2D eigenvalue weighted by Crippen LogP contribution is 2.37. The van der Waals surface area contributed by atoms with Gasteiger partial charge in [-0.25, -0.2) is 0 Å². The Hall–Kier alpha value is -1.76. The van der Waals surface area contributed by atoms with Crippen LogP contribution in [-0.4, -0.2) is 5.60 Å². The van der Waals surface area contributed by atoms with Crippen molar-refractivity contribution in [3.05, 3.63) is 47.5 Å². The number of benzene rings is 2. The van der Waals surface area contributed by atoms with E-state index < -0.39 is 0 Å². The number of rotatable bonds is 0. The molecule has 0 radical (unpaired) electrons. The summed E-state index contributed by atoms with van der Waals surface area (Å²) >= 11 is 0. The van der Waals surface area contributed by atoms with E-state index in [0.29, 0.717) is 0 Å². The average Bonchev–Trinajstić information content (AvgIpc) is 2.39. The van der Waals surface area contributed by atoms with Crippen LogP contribution in [-0.2, 0) is 0 Å². The van der Waals surface area contributed by atoms with Gasteiger partial charge < -0.3 is 4.74 Å². The molecule has 1 heterocycles. The smallest absolute Gasteiger partial charge is 0.135 e. The highest BCUT2D eigenvalue weighted by Gasteiger charge is 2.22. The molecule has 0 fully saturated rings. The molecular weight excluding hydrogens is 232 g/mol. The largest absolute Gasteiger partial charge is 0.483 e. The molecule has 0 aliphatic carbocycles. The number of hydrogen-bond donors (Lipinski definition) is 0. The second kappa shape index (κ2) is 5.08. The van der Waals surface area contributed by atoms with Crippen LogP contribution in [0, 0.1) is 6.92 Å². The van der Waals surface area contributed by atoms with E-state index in [4.69, 9.17) is 4.74 Å². The van der Waals surface area contributed by atoms with Crippen molar-refractivity contribution in [2.45, 2.75) is 40.2 Å². The molecule has 0 atom stereocenters. The second-order valence-electron chi connectivity index (χ2n) is 5.25. The molecule has 0 saturated carbocycles. The van der Waals surface area contributed by atoms with Gasteiger partial charge in [0.15, 0.2) is 0 Å². The third-order valence-electron chi connectivity index (χ3n) is 3.19. The van der Waals surface area contributed by atoms with Crippen molar-refractivity contribution >= 4 is 16.8 Å². The maximum absolute atomic E-state index is 6.09. The Balaban J connectivity index is 0.000000637. The van der Waals surface area contributed by atoms with E-state index in [9.17, 15) is 0 Å². The minimum Gasteiger partial charge on any atom is -0.483 e. The quantitative estimate of drug-likeness (QED) is 0.615. The van der Waals surface area contributed by atoms with E-state index in [0.717, 1.165) is 5.75 Å². The molecule has 1 aliphatic rings. The van der Waals surface area contributed by atoms with Crippen molar-refractivity contribution in [2.24, 2.45) is 0 Å². The van der Waals surface area contributed by atoms with Crippen LogP contribution in [0.4, 0.5) is 0 Å². The lowest BCUT2D eigenvalue weighted by Crippen LogP contribution is -2.27. The molecule has 0 spiro atoms. The fourth-order valence-corrected chi connectivity index (χ4v) is 2.27. The highest BCUT2D eigenvalue weighted by molar-refractivity contribution is 5.92. The summed E-state index contributed by atoms with van der Waals surface area (Å²) in [6.07, 6.45) is 4.26. The molecule has 0 unspecified atom stereocenters. The van der Waals surface area contributed by atoms with Gasteiger partial charge in [-0.05, 0) is 32.2 Å². The molecule has 1 aliphatic heterocycles. The van der Waals surface area contributed by atoms with E-state index in [1.807, 2.05) is 13.8 Å². The first-order chi connectivity index (χ1) is 9.05. The lowest BCUT2D eigenvalue weighted by Gasteiger charge is -2.28. The fourth-order valence-electron chi connectivity index (χ4n) is 2.27. The normalized spacial score (nSPS) is 15.2. The average molecular weight is 254 g/mol. The monoisotopic (exact) mass is 254 g/mol. The Morgan fingerprint density at radius 3 is 2.47 bits per heavy atom. The van der Waals surface area contributed by atoms with E-state index in [1.165, 1.54) is 21.9 Å². The zero-order valence-corrected chi connectivity index (χ0v) is 12.4. The van der Waals surface area contributed by atoms with Crippen molar-refractivity contribution in [1.29, 1.82) is 0 Å². The standard InChI is InChI=1S/C16H16O.C2H6/c1-11-4-7-14-13(10-11)6-5-12-8-9-16(2,3)17-15(12)14;1-2/h4-10H,1-3H3;1-2H3. The molecule has 0 bridgehead atoms. The highest BCUT2D eigenvalue weighted by atomic mass is 16.5. The first-order valence-electron chi connectivity index (χ1n) is 6.97. The maximum Gasteiger partial charge on any atom is 0.135 e. The first-order valence-corrected chi connectivity index (χ1v) is 6.97. The summed E-state index contributed by atoms with van der Waals surface area (Å²) in [5, 5.41) is 2.44. The van der Waals surface area contributed by atoms with E-state index in [-0.39, 0.29) is 5.60 Å². The number of ether oxygens (including phenoxy) is 1. The summed E-state index contributed by atoms with van der Waals surface area (Å²) < 4.78 is 6.09. The number of fused-ring (bicyclic) bond motifs is 3. The van der Waals surface area contributed by atoms with Crippen molar-refractivity contribution in [3.8, 4) is 5.75 Å². The molecular formula is C18H22O. The summed E-state index contributed by atoms with van der Waals surface area (Å²) in [5.41, 5.74) is 2.23. The van der Waals surface area contributed by atoms with Gasteiger partial charge in [-0.1, -0.05) is 55.8 Å². The van der Waals surface area contributed by atoms with Crippen LogP contribution in [0.2, 0.25) is 0 Å². The van der Waals surface area contributed by atoms with Crippen LogP contribution in [0.1, 0.15) is 38.8 Å². The summed E-state index contributed by atoms with van der Waals surface area (Å²) in [5.74, 6) is 1.01. The summed E-state index contributed by atoms with van der Waals surface area (Å²) in [4.78, 5) is 0. The van der Waals surface area contributed by atoms with Crippen LogP contribution in [0.25, 0.3) is 16.8 Å². The van der Waals surface area contributed by atoms with Gasteiger partial charge in [-0.15, -0.1) is 0 Å². The minimum atomic E-state index is -0.216. The van der Waals surface area contributed by atoms with Crippen molar-refractivity contribution in [1.82, 2.24) is 0 Å². The lowest BCUT2D eigenvalue weighted by atomic mass is 9.98. The molecule has 1 heteroatoms. The molecule has 0 saturated heterocycles. The molecule has 1 nitrogen and oxygen atoms in total. The van der Waals surface area contributed by atoms with Gasteiger partial charge in [-0.2, -0.15) is 0 Å². The van der Waals surface area contributed by atoms with Gasteiger partial charge in [0.1, 0.15) is 11.4 Å². The van der Waals surface area contributed by atoms with Crippen LogP contribution in [0.3, 0.4) is 0 Å². The molecule has 0 N–H and O–H groups in total. The van der Waals surface area contributed by atoms with Crippen LogP contribution in [0.15, 0.2) is 36.4 Å². The molecule has 2 aromatic rings. The lowest BCUT2D eigenvalue weighted by molar-refractivity contribution is 0.161. The van der Waals surface area contributed by atoms with Crippen LogP contribution in [0.5, 0.6) is 5.75 Å². The molecule has 0 amide bonds. The van der Waals surface area contributed by atoms with Crippen molar-refractivity contribution in [3.63, 3.8) is 0 Å².